The van der Waals surface area contributed by atoms with Gasteiger partial charge in [0.1, 0.15) is 5.82 Å². The van der Waals surface area contributed by atoms with Crippen molar-refractivity contribution in [1.82, 2.24) is 10.3 Å². The van der Waals surface area contributed by atoms with Gasteiger partial charge in [0.15, 0.2) is 0 Å². The van der Waals surface area contributed by atoms with Crippen molar-refractivity contribution in [3.8, 4) is 0 Å². The minimum Gasteiger partial charge on any atom is -0.357 e. The van der Waals surface area contributed by atoms with Gasteiger partial charge in [-0.15, -0.1) is 0 Å². The minimum absolute atomic E-state index is 0.0838. The van der Waals surface area contributed by atoms with Gasteiger partial charge in [-0.2, -0.15) is 0 Å². The molecule has 0 saturated carbocycles. The number of nitrogens with one attached hydrogen (secondary N) is 2. The molecule has 1 aromatic rings. The minimum atomic E-state index is 0.0838. The Labute approximate surface area is 126 Å². The Hall–Kier alpha value is -1.62. The molecule has 21 heavy (non-hydrogen) atoms. The number of carbonyl (C=O) groups is 1. The molecule has 1 amide bonds. The molecule has 5 nitrogen and oxygen atoms in total. The molecule has 2 fully saturated rings. The molecule has 0 unspecified atom stereocenters. The van der Waals surface area contributed by atoms with E-state index in [1.54, 1.807) is 6.20 Å². The molecule has 2 N–H and O–H groups in total. The van der Waals surface area contributed by atoms with Gasteiger partial charge in [-0.25, -0.2) is 4.98 Å². The summed E-state index contributed by atoms with van der Waals surface area (Å²) in [6.07, 6.45) is 7.63. The molecule has 0 radical (unpaired) electrons. The maximum absolute atomic E-state index is 12.2. The standard InChI is InChI=1S/C16H24N4O/c21-16(13-5-4-8-17-11-13)19-14-6-7-15(18-12-14)20-9-2-1-3-10-20/h6-7,12-13,17H,1-5,8-11H2,(H,19,21)/t13-/m1/s1. The van der Waals surface area contributed by atoms with Crippen molar-refractivity contribution in [2.75, 3.05) is 36.4 Å². The number of anilines is 2. The second-order valence-corrected chi connectivity index (χ2v) is 5.99. The monoisotopic (exact) mass is 288 g/mol. The molecule has 0 bridgehead atoms. The zero-order valence-corrected chi connectivity index (χ0v) is 12.5. The Bertz CT molecular complexity index is 462. The normalized spacial score (nSPS) is 22.9. The molecule has 0 aliphatic carbocycles. The first-order valence-electron chi connectivity index (χ1n) is 8.05. The van der Waals surface area contributed by atoms with Gasteiger partial charge in [-0.1, -0.05) is 0 Å². The number of amides is 1. The number of hydrogen-bond acceptors (Lipinski definition) is 4. The molecule has 2 aliphatic heterocycles. The summed E-state index contributed by atoms with van der Waals surface area (Å²) in [6.45, 7) is 3.99. The van der Waals surface area contributed by atoms with E-state index in [9.17, 15) is 4.79 Å². The Morgan fingerprint density at radius 1 is 1.24 bits per heavy atom. The zero-order valence-electron chi connectivity index (χ0n) is 12.5. The third kappa shape index (κ3) is 3.73. The highest BCUT2D eigenvalue weighted by Crippen LogP contribution is 2.20. The van der Waals surface area contributed by atoms with E-state index < -0.39 is 0 Å². The topological polar surface area (TPSA) is 57.3 Å². The van der Waals surface area contributed by atoms with Crippen molar-refractivity contribution in [2.45, 2.75) is 32.1 Å². The van der Waals surface area contributed by atoms with Crippen LogP contribution in [-0.2, 0) is 4.79 Å². The second-order valence-electron chi connectivity index (χ2n) is 5.99. The van der Waals surface area contributed by atoms with Gasteiger partial charge < -0.3 is 15.5 Å². The summed E-state index contributed by atoms with van der Waals surface area (Å²) in [6, 6.07) is 3.98. The van der Waals surface area contributed by atoms with Crippen molar-refractivity contribution in [1.29, 1.82) is 0 Å². The molecule has 3 heterocycles. The van der Waals surface area contributed by atoms with Crippen molar-refractivity contribution >= 4 is 17.4 Å². The van der Waals surface area contributed by atoms with E-state index in [1.807, 2.05) is 12.1 Å². The maximum Gasteiger partial charge on any atom is 0.228 e. The van der Waals surface area contributed by atoms with E-state index in [0.717, 1.165) is 50.5 Å². The fourth-order valence-corrected chi connectivity index (χ4v) is 3.09. The first kappa shape index (κ1) is 14.3. The Kier molecular flexibility index (Phi) is 4.70. The Morgan fingerprint density at radius 3 is 2.76 bits per heavy atom. The molecule has 0 aromatic carbocycles. The molecule has 5 heteroatoms. The van der Waals surface area contributed by atoms with Gasteiger partial charge in [0.2, 0.25) is 5.91 Å². The Balaban J connectivity index is 1.57. The molecule has 114 valence electrons. The number of hydrogen-bond donors (Lipinski definition) is 2. The van der Waals surface area contributed by atoms with Crippen molar-refractivity contribution in [2.24, 2.45) is 5.92 Å². The summed E-state index contributed by atoms with van der Waals surface area (Å²) in [5.74, 6) is 1.21. The SMILES string of the molecule is O=C(Nc1ccc(N2CCCCC2)nc1)[C@@H]1CCCNC1. The number of rotatable bonds is 3. The smallest absolute Gasteiger partial charge is 0.228 e. The number of piperidine rings is 2. The van der Waals surface area contributed by atoms with Gasteiger partial charge in [0.25, 0.3) is 0 Å². The lowest BCUT2D eigenvalue weighted by atomic mass is 9.99. The van der Waals surface area contributed by atoms with E-state index >= 15 is 0 Å². The molecule has 2 aliphatic rings. The van der Waals surface area contributed by atoms with Crippen LogP contribution in [0.4, 0.5) is 11.5 Å². The van der Waals surface area contributed by atoms with Gasteiger partial charge in [0, 0.05) is 19.6 Å². The first-order valence-corrected chi connectivity index (χ1v) is 8.05. The van der Waals surface area contributed by atoms with Crippen molar-refractivity contribution < 1.29 is 4.79 Å². The largest absolute Gasteiger partial charge is 0.357 e. The number of aromatic nitrogens is 1. The van der Waals surface area contributed by atoms with Gasteiger partial charge >= 0.3 is 0 Å². The van der Waals surface area contributed by atoms with Crippen LogP contribution < -0.4 is 15.5 Å². The van der Waals surface area contributed by atoms with Crippen molar-refractivity contribution in [3.63, 3.8) is 0 Å². The third-order valence-electron chi connectivity index (χ3n) is 4.36. The van der Waals surface area contributed by atoms with Crippen LogP contribution in [0.15, 0.2) is 18.3 Å². The van der Waals surface area contributed by atoms with Crippen LogP contribution in [0, 0.1) is 5.92 Å². The van der Waals surface area contributed by atoms with E-state index in [2.05, 4.69) is 20.5 Å². The first-order chi connectivity index (χ1) is 10.3. The summed E-state index contributed by atoms with van der Waals surface area (Å²) >= 11 is 0. The van der Waals surface area contributed by atoms with Crippen LogP contribution in [0.1, 0.15) is 32.1 Å². The average molecular weight is 288 g/mol. The molecule has 1 aromatic heterocycles. The highest BCUT2D eigenvalue weighted by molar-refractivity contribution is 5.92. The highest BCUT2D eigenvalue weighted by Gasteiger charge is 2.21. The van der Waals surface area contributed by atoms with Crippen LogP contribution >= 0.6 is 0 Å². The lowest BCUT2D eigenvalue weighted by Gasteiger charge is -2.27. The summed E-state index contributed by atoms with van der Waals surface area (Å²) in [4.78, 5) is 19.0. The molecule has 3 rings (SSSR count). The fourth-order valence-electron chi connectivity index (χ4n) is 3.09. The predicted molar refractivity (Wildman–Crippen MR) is 84.5 cm³/mol. The molecule has 1 atom stereocenters. The van der Waals surface area contributed by atoms with E-state index in [0.29, 0.717) is 0 Å². The van der Waals surface area contributed by atoms with Crippen LogP contribution in [0.5, 0.6) is 0 Å². The van der Waals surface area contributed by atoms with E-state index in [4.69, 9.17) is 0 Å². The lowest BCUT2D eigenvalue weighted by Crippen LogP contribution is -2.37. The molecule has 2 saturated heterocycles. The van der Waals surface area contributed by atoms with E-state index in [1.165, 1.54) is 19.3 Å². The Morgan fingerprint density at radius 2 is 2.10 bits per heavy atom. The highest BCUT2D eigenvalue weighted by atomic mass is 16.1. The van der Waals surface area contributed by atoms with E-state index in [-0.39, 0.29) is 11.8 Å². The lowest BCUT2D eigenvalue weighted by molar-refractivity contribution is -0.120. The summed E-state index contributed by atoms with van der Waals surface area (Å²) in [5, 5.41) is 6.25. The maximum atomic E-state index is 12.2. The number of carbonyl (C=O) groups excluding carboxylic acids is 1. The van der Waals surface area contributed by atoms with Gasteiger partial charge in [-0.3, -0.25) is 4.79 Å². The summed E-state index contributed by atoms with van der Waals surface area (Å²) in [7, 11) is 0. The summed E-state index contributed by atoms with van der Waals surface area (Å²) < 4.78 is 0. The second kappa shape index (κ2) is 6.89. The van der Waals surface area contributed by atoms with Gasteiger partial charge in [-0.05, 0) is 50.8 Å². The molecular formula is C16H24N4O. The van der Waals surface area contributed by atoms with Gasteiger partial charge in [0.05, 0.1) is 17.8 Å². The van der Waals surface area contributed by atoms with Crippen molar-refractivity contribution in [3.05, 3.63) is 18.3 Å². The molecule has 0 spiro atoms. The van der Waals surface area contributed by atoms with Crippen LogP contribution in [-0.4, -0.2) is 37.1 Å². The number of pyridine rings is 1. The third-order valence-corrected chi connectivity index (χ3v) is 4.36. The summed E-state index contributed by atoms with van der Waals surface area (Å²) in [5.41, 5.74) is 0.798. The quantitative estimate of drug-likeness (QED) is 0.893. The average Bonchev–Trinajstić information content (AvgIpc) is 2.57. The van der Waals surface area contributed by atoms with Crippen LogP contribution in [0.3, 0.4) is 0 Å². The number of nitrogens with zero attached hydrogens (tertiary/aromatic N) is 2. The fraction of sp³-hybridized carbons (Fsp3) is 0.625. The molecular weight excluding hydrogens is 264 g/mol. The zero-order chi connectivity index (χ0) is 14.5. The van der Waals surface area contributed by atoms with Crippen LogP contribution in [0.2, 0.25) is 0 Å². The van der Waals surface area contributed by atoms with Crippen LogP contribution in [0.25, 0.3) is 0 Å². The predicted octanol–water partition coefficient (Wildman–Crippen LogP) is 2.01.